The zero-order valence-electron chi connectivity index (χ0n) is 18.4. The fraction of sp³-hybridized carbons (Fsp3) is 0.619. The third kappa shape index (κ3) is 7.24. The minimum Gasteiger partial charge on any atom is -0.493 e. The van der Waals surface area contributed by atoms with Gasteiger partial charge in [-0.3, -0.25) is 4.79 Å². The Bertz CT molecular complexity index is 703. The van der Waals surface area contributed by atoms with Gasteiger partial charge in [-0.25, -0.2) is 4.99 Å². The molecule has 164 valence electrons. The van der Waals surface area contributed by atoms with E-state index in [-0.39, 0.29) is 36.4 Å². The summed E-state index contributed by atoms with van der Waals surface area (Å²) in [7, 11) is 8.78. The van der Waals surface area contributed by atoms with E-state index in [0.29, 0.717) is 18.3 Å². The van der Waals surface area contributed by atoms with E-state index in [0.717, 1.165) is 35.7 Å². The number of benzene rings is 1. The number of hydrogen-bond donors (Lipinski definition) is 1. The summed E-state index contributed by atoms with van der Waals surface area (Å²) in [6.07, 6.45) is 4.76. The Kier molecular flexibility index (Phi) is 10.6. The Hall–Kier alpha value is -1.71. The predicted molar refractivity (Wildman–Crippen MR) is 128 cm³/mol. The fourth-order valence-corrected chi connectivity index (χ4v) is 3.34. The monoisotopic (exact) mass is 518 g/mol. The zero-order chi connectivity index (χ0) is 20.7. The van der Waals surface area contributed by atoms with E-state index in [1.807, 2.05) is 19.2 Å². The lowest BCUT2D eigenvalue weighted by Crippen LogP contribution is -2.43. The van der Waals surface area contributed by atoms with Crippen molar-refractivity contribution in [1.82, 2.24) is 15.1 Å². The SMILES string of the molecule is COc1cc(C)c(CN(C)C(=NCC(=O)N(C)C)NC2CCCC2)cc1OC.I. The second-order valence-electron chi connectivity index (χ2n) is 7.54. The molecule has 0 aliphatic heterocycles. The Morgan fingerprint density at radius 2 is 1.72 bits per heavy atom. The Morgan fingerprint density at radius 3 is 2.28 bits per heavy atom. The summed E-state index contributed by atoms with van der Waals surface area (Å²) in [5.74, 6) is 2.18. The smallest absolute Gasteiger partial charge is 0.243 e. The van der Waals surface area contributed by atoms with Crippen LogP contribution in [0.3, 0.4) is 0 Å². The molecule has 1 aromatic carbocycles. The summed E-state index contributed by atoms with van der Waals surface area (Å²) < 4.78 is 10.8. The average Bonchev–Trinajstić information content (AvgIpc) is 3.18. The van der Waals surface area contributed by atoms with Crippen LogP contribution in [0, 0.1) is 6.92 Å². The number of halogens is 1. The van der Waals surface area contributed by atoms with Crippen molar-refractivity contribution in [1.29, 1.82) is 0 Å². The molecule has 1 saturated carbocycles. The van der Waals surface area contributed by atoms with Crippen LogP contribution in [-0.2, 0) is 11.3 Å². The van der Waals surface area contributed by atoms with Crippen molar-refractivity contribution >= 4 is 35.8 Å². The summed E-state index contributed by atoms with van der Waals surface area (Å²) in [4.78, 5) is 20.2. The van der Waals surface area contributed by atoms with Crippen LogP contribution in [0.25, 0.3) is 0 Å². The van der Waals surface area contributed by atoms with E-state index in [9.17, 15) is 4.79 Å². The molecule has 1 N–H and O–H groups in total. The minimum atomic E-state index is -0.0126. The highest BCUT2D eigenvalue weighted by Gasteiger charge is 2.19. The summed E-state index contributed by atoms with van der Waals surface area (Å²) in [5, 5.41) is 3.55. The number of amides is 1. The molecule has 1 aromatic rings. The Labute approximate surface area is 191 Å². The Balaban J connectivity index is 0.00000420. The Morgan fingerprint density at radius 1 is 1.14 bits per heavy atom. The summed E-state index contributed by atoms with van der Waals surface area (Å²) >= 11 is 0. The van der Waals surface area contributed by atoms with Gasteiger partial charge < -0.3 is 24.6 Å². The molecule has 2 rings (SSSR count). The van der Waals surface area contributed by atoms with Crippen molar-refractivity contribution in [3.05, 3.63) is 23.3 Å². The van der Waals surface area contributed by atoms with Crippen LogP contribution in [0.5, 0.6) is 11.5 Å². The highest BCUT2D eigenvalue weighted by atomic mass is 127. The van der Waals surface area contributed by atoms with Crippen molar-refractivity contribution in [3.63, 3.8) is 0 Å². The quantitative estimate of drug-likeness (QED) is 0.342. The average molecular weight is 518 g/mol. The number of carbonyl (C=O) groups excluding carboxylic acids is 1. The van der Waals surface area contributed by atoms with Gasteiger partial charge in [0.25, 0.3) is 0 Å². The van der Waals surface area contributed by atoms with Gasteiger partial charge in [0.1, 0.15) is 6.54 Å². The lowest BCUT2D eigenvalue weighted by Gasteiger charge is -2.26. The standard InChI is InChI=1S/C21H34N4O3.HI/c1-15-11-18(27-5)19(28-6)12-16(15)14-25(4)21(22-13-20(26)24(2)3)23-17-9-7-8-10-17;/h11-12,17H,7-10,13-14H2,1-6H3,(H,22,23);1H. The molecule has 1 amide bonds. The second kappa shape index (κ2) is 12.1. The van der Waals surface area contributed by atoms with Crippen LogP contribution in [0.15, 0.2) is 17.1 Å². The van der Waals surface area contributed by atoms with Crippen LogP contribution in [0.2, 0.25) is 0 Å². The number of guanidine groups is 1. The van der Waals surface area contributed by atoms with Gasteiger partial charge in [-0.1, -0.05) is 12.8 Å². The number of rotatable bonds is 7. The molecule has 0 spiro atoms. The van der Waals surface area contributed by atoms with E-state index in [2.05, 4.69) is 22.1 Å². The van der Waals surface area contributed by atoms with Crippen molar-refractivity contribution in [2.75, 3.05) is 41.9 Å². The second-order valence-corrected chi connectivity index (χ2v) is 7.54. The van der Waals surface area contributed by atoms with Crippen LogP contribution in [0.1, 0.15) is 36.8 Å². The predicted octanol–water partition coefficient (Wildman–Crippen LogP) is 3.04. The molecule has 0 unspecified atom stereocenters. The summed E-state index contributed by atoms with van der Waals surface area (Å²) in [6, 6.07) is 4.41. The fourth-order valence-electron chi connectivity index (χ4n) is 3.34. The lowest BCUT2D eigenvalue weighted by molar-refractivity contribution is -0.127. The summed E-state index contributed by atoms with van der Waals surface area (Å²) in [6.45, 7) is 2.85. The highest BCUT2D eigenvalue weighted by Crippen LogP contribution is 2.30. The van der Waals surface area contributed by atoms with Crippen molar-refractivity contribution < 1.29 is 14.3 Å². The maximum Gasteiger partial charge on any atom is 0.243 e. The first-order valence-electron chi connectivity index (χ1n) is 9.79. The van der Waals surface area contributed by atoms with Crippen LogP contribution in [-0.4, -0.2) is 69.6 Å². The molecule has 1 aliphatic rings. The number of methoxy groups -OCH3 is 2. The van der Waals surface area contributed by atoms with Crippen molar-refractivity contribution in [2.45, 2.75) is 45.2 Å². The third-order valence-electron chi connectivity index (χ3n) is 5.16. The molecule has 0 saturated heterocycles. The van der Waals surface area contributed by atoms with Crippen LogP contribution < -0.4 is 14.8 Å². The first-order valence-corrected chi connectivity index (χ1v) is 9.79. The van der Waals surface area contributed by atoms with E-state index >= 15 is 0 Å². The number of carbonyl (C=O) groups is 1. The molecule has 1 fully saturated rings. The molecule has 29 heavy (non-hydrogen) atoms. The van der Waals surface area contributed by atoms with E-state index in [1.54, 1.807) is 33.2 Å². The first-order chi connectivity index (χ1) is 13.3. The van der Waals surface area contributed by atoms with Gasteiger partial charge >= 0.3 is 0 Å². The van der Waals surface area contributed by atoms with E-state index in [1.165, 1.54) is 12.8 Å². The van der Waals surface area contributed by atoms with Gasteiger partial charge in [-0.2, -0.15) is 0 Å². The van der Waals surface area contributed by atoms with Gasteiger partial charge in [0, 0.05) is 33.7 Å². The van der Waals surface area contributed by atoms with Gasteiger partial charge in [-0.15, -0.1) is 24.0 Å². The molecular weight excluding hydrogens is 483 g/mol. The molecule has 0 aromatic heterocycles. The number of likely N-dealkylation sites (N-methyl/N-ethyl adjacent to an activating group) is 1. The molecule has 0 radical (unpaired) electrons. The van der Waals surface area contributed by atoms with Gasteiger partial charge in [0.05, 0.1) is 14.2 Å². The van der Waals surface area contributed by atoms with Crippen LogP contribution >= 0.6 is 24.0 Å². The topological polar surface area (TPSA) is 66.4 Å². The normalized spacial score (nSPS) is 14.2. The molecule has 1 aliphatic carbocycles. The number of nitrogens with zero attached hydrogens (tertiary/aromatic N) is 3. The number of hydrogen-bond acceptors (Lipinski definition) is 4. The van der Waals surface area contributed by atoms with Crippen molar-refractivity contribution in [3.8, 4) is 11.5 Å². The number of nitrogens with one attached hydrogen (secondary N) is 1. The maximum absolute atomic E-state index is 12.0. The number of aryl methyl sites for hydroxylation is 1. The maximum atomic E-state index is 12.0. The zero-order valence-corrected chi connectivity index (χ0v) is 20.8. The van der Waals surface area contributed by atoms with Crippen molar-refractivity contribution in [2.24, 2.45) is 4.99 Å². The molecule has 7 nitrogen and oxygen atoms in total. The van der Waals surface area contributed by atoms with Gasteiger partial charge in [-0.05, 0) is 43.0 Å². The molecule has 0 heterocycles. The van der Waals surface area contributed by atoms with Gasteiger partial charge in [0.15, 0.2) is 17.5 Å². The molecular formula is C21H35IN4O3. The van der Waals surface area contributed by atoms with E-state index in [4.69, 9.17) is 9.47 Å². The van der Waals surface area contributed by atoms with E-state index < -0.39 is 0 Å². The third-order valence-corrected chi connectivity index (χ3v) is 5.16. The number of ether oxygens (including phenoxy) is 2. The molecule has 0 bridgehead atoms. The molecule has 0 atom stereocenters. The minimum absolute atomic E-state index is 0. The lowest BCUT2D eigenvalue weighted by atomic mass is 10.1. The number of aliphatic imine (C=N–C) groups is 1. The highest BCUT2D eigenvalue weighted by molar-refractivity contribution is 14.0. The van der Waals surface area contributed by atoms with Gasteiger partial charge in [0.2, 0.25) is 5.91 Å². The summed E-state index contributed by atoms with van der Waals surface area (Å²) in [5.41, 5.74) is 2.24. The molecule has 8 heteroatoms. The first kappa shape index (κ1) is 25.3. The van der Waals surface area contributed by atoms with Crippen LogP contribution in [0.4, 0.5) is 0 Å². The largest absolute Gasteiger partial charge is 0.493 e.